The highest BCUT2D eigenvalue weighted by atomic mass is 19.4. The van der Waals surface area contributed by atoms with Gasteiger partial charge in [0.05, 0.1) is 22.6 Å². The maximum atomic E-state index is 13.4. The molecule has 0 amide bonds. The Morgan fingerprint density at radius 3 is 2.24 bits per heavy atom. The van der Waals surface area contributed by atoms with E-state index >= 15 is 0 Å². The fourth-order valence-electron chi connectivity index (χ4n) is 2.53. The molecule has 0 aliphatic carbocycles. The monoisotopic (exact) mass is 417 g/mol. The van der Waals surface area contributed by atoms with Crippen LogP contribution in [0.4, 0.5) is 30.7 Å². The summed E-state index contributed by atoms with van der Waals surface area (Å²) < 4.78 is 92.6. The molecular weight excluding hydrogens is 407 g/mol. The van der Waals surface area contributed by atoms with Crippen LogP contribution in [0.3, 0.4) is 0 Å². The summed E-state index contributed by atoms with van der Waals surface area (Å²) in [4.78, 5) is 10.9. The summed E-state index contributed by atoms with van der Waals surface area (Å²) in [6.07, 6.45) is -8.62. The van der Waals surface area contributed by atoms with Gasteiger partial charge in [0.25, 0.3) is 0 Å². The number of nitriles is 1. The third-order valence-corrected chi connectivity index (χ3v) is 3.88. The first-order valence-corrected chi connectivity index (χ1v) is 7.73. The van der Waals surface area contributed by atoms with Gasteiger partial charge in [0, 0.05) is 0 Å². The van der Waals surface area contributed by atoms with Gasteiger partial charge >= 0.3 is 18.3 Å². The number of carboxylic acids is 1. The molecular formula is C19H10F7NO2. The summed E-state index contributed by atoms with van der Waals surface area (Å²) in [5.41, 5.74) is -3.97. The minimum atomic E-state index is -5.03. The summed E-state index contributed by atoms with van der Waals surface area (Å²) in [5, 5.41) is 17.6. The van der Waals surface area contributed by atoms with Crippen LogP contribution in [-0.4, -0.2) is 17.3 Å². The molecule has 0 heterocycles. The summed E-state index contributed by atoms with van der Waals surface area (Å²) >= 11 is 0. The Labute approximate surface area is 159 Å². The molecule has 0 spiro atoms. The van der Waals surface area contributed by atoms with Gasteiger partial charge in [0.2, 0.25) is 0 Å². The van der Waals surface area contributed by atoms with Gasteiger partial charge in [0.15, 0.2) is 0 Å². The molecule has 1 N–H and O–H groups in total. The Bertz CT molecular complexity index is 1000. The second kappa shape index (κ2) is 7.95. The molecule has 0 radical (unpaired) electrons. The first kappa shape index (κ1) is 21.9. The standard InChI is InChI=1S/C19H10F7NO2/c20-16-6-3-11(8-12(16)9-27)14(18(21,22)23)5-2-10-1-4-13(17(28)29)15(7-10)19(24,25)26/h1-8,14H,(H,28,29). The van der Waals surface area contributed by atoms with Gasteiger partial charge in [-0.2, -0.15) is 31.6 Å². The van der Waals surface area contributed by atoms with E-state index in [1.165, 1.54) is 6.07 Å². The summed E-state index contributed by atoms with van der Waals surface area (Å²) in [6.45, 7) is 0. The van der Waals surface area contributed by atoms with Gasteiger partial charge in [0.1, 0.15) is 11.9 Å². The van der Waals surface area contributed by atoms with Crippen molar-refractivity contribution in [3.63, 3.8) is 0 Å². The van der Waals surface area contributed by atoms with Gasteiger partial charge in [-0.25, -0.2) is 9.18 Å². The number of halogens is 7. The lowest BCUT2D eigenvalue weighted by Crippen LogP contribution is -2.19. The number of alkyl halides is 6. The molecule has 0 saturated heterocycles. The van der Waals surface area contributed by atoms with E-state index in [1.807, 2.05) is 0 Å². The Morgan fingerprint density at radius 2 is 1.72 bits per heavy atom. The Hall–Kier alpha value is -3.35. The maximum absolute atomic E-state index is 13.4. The topological polar surface area (TPSA) is 61.1 Å². The predicted molar refractivity (Wildman–Crippen MR) is 87.3 cm³/mol. The quantitative estimate of drug-likeness (QED) is 0.642. The number of benzene rings is 2. The summed E-state index contributed by atoms with van der Waals surface area (Å²) in [7, 11) is 0. The average molecular weight is 417 g/mol. The SMILES string of the molecule is N#Cc1cc(C(C=Cc2ccc(C(=O)O)c(C(F)(F)F)c2)C(F)(F)F)ccc1F. The van der Waals surface area contributed by atoms with Crippen molar-refractivity contribution >= 4 is 12.0 Å². The molecule has 2 aromatic rings. The average Bonchev–Trinajstić information content (AvgIpc) is 2.61. The van der Waals surface area contributed by atoms with Crippen molar-refractivity contribution in [2.24, 2.45) is 0 Å². The second-order valence-electron chi connectivity index (χ2n) is 5.84. The third-order valence-electron chi connectivity index (χ3n) is 3.88. The fourth-order valence-corrected chi connectivity index (χ4v) is 2.53. The third kappa shape index (κ3) is 5.13. The number of rotatable bonds is 4. The Kier molecular flexibility index (Phi) is 6.01. The zero-order valence-corrected chi connectivity index (χ0v) is 14.1. The van der Waals surface area contributed by atoms with E-state index in [1.54, 1.807) is 0 Å². The van der Waals surface area contributed by atoms with Crippen LogP contribution in [-0.2, 0) is 6.18 Å². The number of hydrogen-bond donors (Lipinski definition) is 1. The van der Waals surface area contributed by atoms with E-state index in [-0.39, 0.29) is 5.56 Å². The number of carboxylic acid groups (broad SMARTS) is 1. The van der Waals surface area contributed by atoms with Crippen molar-refractivity contribution in [2.45, 2.75) is 18.3 Å². The van der Waals surface area contributed by atoms with Crippen LogP contribution in [0.2, 0.25) is 0 Å². The molecule has 0 aliphatic heterocycles. The molecule has 3 nitrogen and oxygen atoms in total. The normalized spacial score (nSPS) is 13.3. The zero-order valence-electron chi connectivity index (χ0n) is 14.1. The van der Waals surface area contributed by atoms with E-state index in [2.05, 4.69) is 0 Å². The van der Waals surface area contributed by atoms with Gasteiger partial charge in [-0.15, -0.1) is 0 Å². The fraction of sp³-hybridized carbons (Fsp3) is 0.158. The van der Waals surface area contributed by atoms with Crippen LogP contribution in [0, 0.1) is 17.1 Å². The lowest BCUT2D eigenvalue weighted by atomic mass is 9.95. The van der Waals surface area contributed by atoms with E-state index < -0.39 is 52.3 Å². The Morgan fingerprint density at radius 1 is 1.07 bits per heavy atom. The molecule has 0 bridgehead atoms. The molecule has 2 rings (SSSR count). The minimum Gasteiger partial charge on any atom is -0.478 e. The van der Waals surface area contributed by atoms with Crippen LogP contribution in [0.1, 0.15) is 38.5 Å². The highest BCUT2D eigenvalue weighted by Gasteiger charge is 2.39. The molecule has 0 aliphatic rings. The molecule has 152 valence electrons. The highest BCUT2D eigenvalue weighted by Crippen LogP contribution is 2.38. The van der Waals surface area contributed by atoms with E-state index in [0.29, 0.717) is 30.3 Å². The predicted octanol–water partition coefficient (Wildman–Crippen LogP) is 5.77. The molecule has 1 unspecified atom stereocenters. The van der Waals surface area contributed by atoms with Crippen LogP contribution >= 0.6 is 0 Å². The van der Waals surface area contributed by atoms with Gasteiger partial charge in [-0.3, -0.25) is 0 Å². The van der Waals surface area contributed by atoms with E-state index in [9.17, 15) is 35.5 Å². The molecule has 1 atom stereocenters. The van der Waals surface area contributed by atoms with Crippen molar-refractivity contribution in [3.8, 4) is 6.07 Å². The smallest absolute Gasteiger partial charge is 0.417 e. The van der Waals surface area contributed by atoms with Crippen LogP contribution < -0.4 is 0 Å². The first-order valence-electron chi connectivity index (χ1n) is 7.73. The van der Waals surface area contributed by atoms with Crippen molar-refractivity contribution in [1.29, 1.82) is 5.26 Å². The molecule has 0 fully saturated rings. The molecule has 10 heteroatoms. The minimum absolute atomic E-state index is 0.320. The molecule has 0 aromatic heterocycles. The number of allylic oxidation sites excluding steroid dienone is 1. The maximum Gasteiger partial charge on any atom is 0.417 e. The summed E-state index contributed by atoms with van der Waals surface area (Å²) in [6, 6.07) is 5.59. The van der Waals surface area contributed by atoms with Crippen molar-refractivity contribution < 1.29 is 40.6 Å². The van der Waals surface area contributed by atoms with Crippen molar-refractivity contribution in [3.05, 3.63) is 76.1 Å². The van der Waals surface area contributed by atoms with E-state index in [0.717, 1.165) is 18.2 Å². The zero-order chi connectivity index (χ0) is 22.0. The van der Waals surface area contributed by atoms with E-state index in [4.69, 9.17) is 10.4 Å². The molecule has 2 aromatic carbocycles. The number of aromatic carboxylic acids is 1. The van der Waals surface area contributed by atoms with Crippen LogP contribution in [0.25, 0.3) is 6.08 Å². The van der Waals surface area contributed by atoms with Crippen LogP contribution in [0.5, 0.6) is 0 Å². The lowest BCUT2D eigenvalue weighted by Gasteiger charge is -2.18. The van der Waals surface area contributed by atoms with Crippen LogP contribution in [0.15, 0.2) is 42.5 Å². The number of nitrogens with zero attached hydrogens (tertiary/aromatic N) is 1. The number of hydrogen-bond acceptors (Lipinski definition) is 2. The first-order chi connectivity index (χ1) is 13.3. The Balaban J connectivity index is 2.50. The largest absolute Gasteiger partial charge is 0.478 e. The molecule has 29 heavy (non-hydrogen) atoms. The number of carbonyl (C=O) groups is 1. The summed E-state index contributed by atoms with van der Waals surface area (Å²) in [5.74, 6) is -5.18. The van der Waals surface area contributed by atoms with Gasteiger partial charge < -0.3 is 5.11 Å². The van der Waals surface area contributed by atoms with Gasteiger partial charge in [-0.05, 0) is 35.4 Å². The lowest BCUT2D eigenvalue weighted by molar-refractivity contribution is -0.139. The highest BCUT2D eigenvalue weighted by molar-refractivity contribution is 5.90. The molecule has 0 saturated carbocycles. The second-order valence-corrected chi connectivity index (χ2v) is 5.84. The van der Waals surface area contributed by atoms with Gasteiger partial charge in [-0.1, -0.05) is 24.3 Å². The van der Waals surface area contributed by atoms with Crippen molar-refractivity contribution in [1.82, 2.24) is 0 Å². The van der Waals surface area contributed by atoms with Crippen molar-refractivity contribution in [2.75, 3.05) is 0 Å².